The van der Waals surface area contributed by atoms with Gasteiger partial charge in [0, 0.05) is 12.3 Å². The van der Waals surface area contributed by atoms with Gasteiger partial charge < -0.3 is 0 Å². The highest BCUT2D eigenvalue weighted by Crippen LogP contribution is 2.33. The fourth-order valence-electron chi connectivity index (χ4n) is 2.14. The maximum absolute atomic E-state index is 11.6. The largest absolute Gasteiger partial charge is 0.299 e. The van der Waals surface area contributed by atoms with Crippen LogP contribution in [0.5, 0.6) is 0 Å². The lowest BCUT2D eigenvalue weighted by Crippen LogP contribution is -2.30. The van der Waals surface area contributed by atoms with Gasteiger partial charge in [-0.25, -0.2) is 0 Å². The first-order valence-electron chi connectivity index (χ1n) is 5.21. The van der Waals surface area contributed by atoms with Crippen molar-refractivity contribution < 1.29 is 9.59 Å². The van der Waals surface area contributed by atoms with Crippen LogP contribution in [0.3, 0.4) is 0 Å². The first-order chi connectivity index (χ1) is 7.72. The Hall–Kier alpha value is -1.95. The quantitative estimate of drug-likeness (QED) is 0.669. The fourth-order valence-corrected chi connectivity index (χ4v) is 2.14. The first-order valence-corrected chi connectivity index (χ1v) is 5.21. The molecule has 1 aromatic carbocycles. The number of rotatable bonds is 1. The number of nitriles is 1. The maximum atomic E-state index is 11.6. The van der Waals surface area contributed by atoms with Crippen LogP contribution < -0.4 is 0 Å². The summed E-state index contributed by atoms with van der Waals surface area (Å²) in [5.41, 5.74) is 0.899. The number of benzene rings is 1. The molecule has 16 heavy (non-hydrogen) atoms. The molecule has 1 fully saturated rings. The van der Waals surface area contributed by atoms with Crippen LogP contribution in [0.1, 0.15) is 24.3 Å². The summed E-state index contributed by atoms with van der Waals surface area (Å²) in [6.45, 7) is 0. The molecular weight excluding hydrogens is 202 g/mol. The highest BCUT2D eigenvalue weighted by atomic mass is 16.1. The zero-order valence-corrected chi connectivity index (χ0v) is 8.72. The Balaban J connectivity index is 2.35. The number of Topliss-reactive ketones (excluding diaryl/α,β-unsaturated/α-hetero) is 2. The van der Waals surface area contributed by atoms with Crippen molar-refractivity contribution in [2.24, 2.45) is 5.92 Å². The standard InChI is InChI=1S/C13H11NO2/c14-8-12-11(6-10(15)7-13(12)16)9-4-2-1-3-5-9/h1-5,11-12H,6-7H2/t11-,12+/m0/s1. The second-order valence-electron chi connectivity index (χ2n) is 4.01. The smallest absolute Gasteiger partial charge is 0.157 e. The molecule has 1 aliphatic rings. The van der Waals surface area contributed by atoms with Crippen LogP contribution in [0, 0.1) is 17.2 Å². The van der Waals surface area contributed by atoms with Crippen LogP contribution in [0.15, 0.2) is 30.3 Å². The molecule has 80 valence electrons. The number of nitrogens with zero attached hydrogens (tertiary/aromatic N) is 1. The van der Waals surface area contributed by atoms with Crippen molar-refractivity contribution in [3.63, 3.8) is 0 Å². The summed E-state index contributed by atoms with van der Waals surface area (Å²) in [4.78, 5) is 23.0. The molecule has 0 unspecified atom stereocenters. The summed E-state index contributed by atoms with van der Waals surface area (Å²) in [6, 6.07) is 11.3. The SMILES string of the molecule is N#C[C@H]1C(=O)CC(=O)C[C@H]1c1ccccc1. The van der Waals surface area contributed by atoms with Crippen molar-refractivity contribution in [1.82, 2.24) is 0 Å². The van der Waals surface area contributed by atoms with Gasteiger partial charge in [0.1, 0.15) is 11.7 Å². The Morgan fingerprint density at radius 3 is 2.50 bits per heavy atom. The van der Waals surface area contributed by atoms with Gasteiger partial charge in [0.25, 0.3) is 0 Å². The number of carbonyl (C=O) groups excluding carboxylic acids is 2. The van der Waals surface area contributed by atoms with E-state index in [9.17, 15) is 9.59 Å². The molecule has 0 amide bonds. The van der Waals surface area contributed by atoms with Crippen LogP contribution in [0.4, 0.5) is 0 Å². The van der Waals surface area contributed by atoms with Gasteiger partial charge >= 0.3 is 0 Å². The van der Waals surface area contributed by atoms with E-state index in [0.717, 1.165) is 5.56 Å². The Bertz CT molecular complexity index is 459. The summed E-state index contributed by atoms with van der Waals surface area (Å²) < 4.78 is 0. The molecule has 0 spiro atoms. The molecule has 0 saturated heterocycles. The maximum Gasteiger partial charge on any atom is 0.157 e. The molecule has 0 aliphatic heterocycles. The number of carbonyl (C=O) groups is 2. The lowest BCUT2D eigenvalue weighted by atomic mass is 9.75. The molecular formula is C13H11NO2. The van der Waals surface area contributed by atoms with Crippen molar-refractivity contribution in [3.8, 4) is 6.07 Å². The van der Waals surface area contributed by atoms with Gasteiger partial charge in [-0.05, 0) is 5.56 Å². The lowest BCUT2D eigenvalue weighted by molar-refractivity contribution is -0.132. The van der Waals surface area contributed by atoms with Gasteiger partial charge in [-0.15, -0.1) is 0 Å². The molecule has 3 heteroatoms. The van der Waals surface area contributed by atoms with Crippen molar-refractivity contribution >= 4 is 11.6 Å². The average Bonchev–Trinajstić information content (AvgIpc) is 2.29. The second-order valence-corrected chi connectivity index (χ2v) is 4.01. The molecule has 0 radical (unpaired) electrons. The van der Waals surface area contributed by atoms with Gasteiger partial charge in [-0.2, -0.15) is 5.26 Å². The fraction of sp³-hybridized carbons (Fsp3) is 0.308. The average molecular weight is 213 g/mol. The van der Waals surface area contributed by atoms with Crippen molar-refractivity contribution in [2.75, 3.05) is 0 Å². The topological polar surface area (TPSA) is 57.9 Å². The van der Waals surface area contributed by atoms with Crippen LogP contribution in [0.2, 0.25) is 0 Å². The van der Waals surface area contributed by atoms with Crippen LogP contribution in [-0.2, 0) is 9.59 Å². The first kappa shape index (κ1) is 10.6. The van der Waals surface area contributed by atoms with E-state index in [2.05, 4.69) is 0 Å². The third-order valence-corrected chi connectivity index (χ3v) is 2.94. The Kier molecular flexibility index (Phi) is 2.82. The summed E-state index contributed by atoms with van der Waals surface area (Å²) in [7, 11) is 0. The molecule has 0 N–H and O–H groups in total. The Morgan fingerprint density at radius 2 is 1.88 bits per heavy atom. The number of hydrogen-bond donors (Lipinski definition) is 0. The van der Waals surface area contributed by atoms with E-state index in [4.69, 9.17) is 5.26 Å². The summed E-state index contributed by atoms with van der Waals surface area (Å²) >= 11 is 0. The Morgan fingerprint density at radius 1 is 1.19 bits per heavy atom. The molecule has 1 aromatic rings. The van der Waals surface area contributed by atoms with Crippen molar-refractivity contribution in [2.45, 2.75) is 18.8 Å². The van der Waals surface area contributed by atoms with Crippen molar-refractivity contribution in [1.29, 1.82) is 5.26 Å². The van der Waals surface area contributed by atoms with E-state index in [-0.39, 0.29) is 23.9 Å². The molecule has 0 heterocycles. The van der Waals surface area contributed by atoms with Gasteiger partial charge in [-0.1, -0.05) is 30.3 Å². The Labute approximate surface area is 93.7 Å². The van der Waals surface area contributed by atoms with Gasteiger partial charge in [0.2, 0.25) is 0 Å². The van der Waals surface area contributed by atoms with E-state index in [1.54, 1.807) is 0 Å². The van der Waals surface area contributed by atoms with Gasteiger partial charge in [0.05, 0.1) is 12.5 Å². The zero-order valence-electron chi connectivity index (χ0n) is 8.72. The normalized spacial score (nSPS) is 25.2. The predicted molar refractivity (Wildman–Crippen MR) is 57.5 cm³/mol. The molecule has 2 atom stereocenters. The predicted octanol–water partition coefficient (Wildman–Crippen LogP) is 1.84. The summed E-state index contributed by atoms with van der Waals surface area (Å²) in [6.07, 6.45) is 0.218. The third kappa shape index (κ3) is 1.87. The van der Waals surface area contributed by atoms with Gasteiger partial charge in [-0.3, -0.25) is 9.59 Å². The molecule has 1 saturated carbocycles. The number of ketones is 2. The van der Waals surface area contributed by atoms with Crippen LogP contribution in [-0.4, -0.2) is 11.6 Å². The van der Waals surface area contributed by atoms with E-state index >= 15 is 0 Å². The minimum absolute atomic E-state index is 0.0645. The van der Waals surface area contributed by atoms with Crippen LogP contribution >= 0.6 is 0 Å². The zero-order chi connectivity index (χ0) is 11.5. The second kappa shape index (κ2) is 4.28. The third-order valence-electron chi connectivity index (χ3n) is 2.94. The monoisotopic (exact) mass is 213 g/mol. The molecule has 0 bridgehead atoms. The number of hydrogen-bond acceptors (Lipinski definition) is 3. The minimum Gasteiger partial charge on any atom is -0.299 e. The molecule has 1 aliphatic carbocycles. The highest BCUT2D eigenvalue weighted by Gasteiger charge is 2.36. The molecule has 0 aromatic heterocycles. The van der Waals surface area contributed by atoms with E-state index < -0.39 is 5.92 Å². The van der Waals surface area contributed by atoms with E-state index in [1.807, 2.05) is 36.4 Å². The summed E-state index contributed by atoms with van der Waals surface area (Å²) in [5, 5.41) is 9.00. The highest BCUT2D eigenvalue weighted by molar-refractivity contribution is 6.04. The van der Waals surface area contributed by atoms with E-state index in [0.29, 0.717) is 6.42 Å². The van der Waals surface area contributed by atoms with E-state index in [1.165, 1.54) is 0 Å². The van der Waals surface area contributed by atoms with Crippen molar-refractivity contribution in [3.05, 3.63) is 35.9 Å². The molecule has 2 rings (SSSR count). The molecule has 3 nitrogen and oxygen atoms in total. The lowest BCUT2D eigenvalue weighted by Gasteiger charge is -2.25. The van der Waals surface area contributed by atoms with Crippen LogP contribution in [0.25, 0.3) is 0 Å². The minimum atomic E-state index is -0.667. The van der Waals surface area contributed by atoms with Gasteiger partial charge in [0.15, 0.2) is 5.78 Å². The summed E-state index contributed by atoms with van der Waals surface area (Å²) in [5.74, 6) is -1.24.